The molecule has 0 amide bonds. The molecule has 0 bridgehead atoms. The molecule has 1 aliphatic rings. The highest BCUT2D eigenvalue weighted by Crippen LogP contribution is 2.20. The summed E-state index contributed by atoms with van der Waals surface area (Å²) in [4.78, 5) is 10.6. The molecule has 0 aromatic rings. The Kier molecular flexibility index (Phi) is 3.65. The van der Waals surface area contributed by atoms with Crippen LogP contribution in [0.3, 0.4) is 0 Å². The SMILES string of the molecule is CCOC1C[C@@H](O)C[C@@H](C(=O)O)O1. The topological polar surface area (TPSA) is 76.0 Å². The number of rotatable bonds is 3. The molecule has 1 unspecified atom stereocenters. The van der Waals surface area contributed by atoms with Crippen LogP contribution in [-0.4, -0.2) is 41.3 Å². The fourth-order valence-electron chi connectivity index (χ4n) is 1.31. The third kappa shape index (κ3) is 2.95. The number of carbonyl (C=O) groups is 1. The van der Waals surface area contributed by atoms with E-state index in [4.69, 9.17) is 14.6 Å². The molecule has 1 aliphatic heterocycles. The maximum atomic E-state index is 10.6. The van der Waals surface area contributed by atoms with E-state index in [1.165, 1.54) is 0 Å². The maximum absolute atomic E-state index is 10.6. The van der Waals surface area contributed by atoms with E-state index >= 15 is 0 Å². The highest BCUT2D eigenvalue weighted by molar-refractivity contribution is 5.72. The lowest BCUT2D eigenvalue weighted by molar-refractivity contribution is -0.220. The first-order chi connectivity index (χ1) is 6.13. The van der Waals surface area contributed by atoms with Gasteiger partial charge in [0, 0.05) is 19.4 Å². The van der Waals surface area contributed by atoms with Gasteiger partial charge < -0.3 is 19.7 Å². The standard InChI is InChI=1S/C8H14O5/c1-2-12-7-4-5(9)3-6(13-7)8(10)11/h5-7,9H,2-4H2,1H3,(H,10,11)/t5-,6-,7?/m0/s1. The van der Waals surface area contributed by atoms with Crippen molar-refractivity contribution in [2.75, 3.05) is 6.61 Å². The van der Waals surface area contributed by atoms with Gasteiger partial charge in [0.1, 0.15) is 0 Å². The molecular weight excluding hydrogens is 176 g/mol. The van der Waals surface area contributed by atoms with E-state index in [-0.39, 0.29) is 6.42 Å². The minimum atomic E-state index is -1.05. The molecule has 1 fully saturated rings. The van der Waals surface area contributed by atoms with Crippen molar-refractivity contribution in [3.8, 4) is 0 Å². The van der Waals surface area contributed by atoms with E-state index in [0.717, 1.165) is 0 Å². The number of hydrogen-bond donors (Lipinski definition) is 2. The van der Waals surface area contributed by atoms with Crippen molar-refractivity contribution in [3.05, 3.63) is 0 Å². The second-order valence-corrected chi connectivity index (χ2v) is 2.97. The molecule has 0 aromatic carbocycles. The summed E-state index contributed by atoms with van der Waals surface area (Å²) in [6, 6.07) is 0. The van der Waals surface area contributed by atoms with Gasteiger partial charge in [-0.25, -0.2) is 4.79 Å². The lowest BCUT2D eigenvalue weighted by atomic mass is 10.1. The van der Waals surface area contributed by atoms with Crippen LogP contribution in [0.1, 0.15) is 19.8 Å². The normalized spacial score (nSPS) is 34.5. The molecule has 0 aromatic heterocycles. The molecule has 0 aliphatic carbocycles. The average Bonchev–Trinajstić information content (AvgIpc) is 2.03. The summed E-state index contributed by atoms with van der Waals surface area (Å²) in [7, 11) is 0. The number of aliphatic carboxylic acids is 1. The van der Waals surface area contributed by atoms with Crippen molar-refractivity contribution < 1.29 is 24.5 Å². The number of carboxylic acid groups (broad SMARTS) is 1. The summed E-state index contributed by atoms with van der Waals surface area (Å²) in [5.41, 5.74) is 0. The molecule has 76 valence electrons. The number of hydrogen-bond acceptors (Lipinski definition) is 4. The molecular formula is C8H14O5. The Morgan fingerprint density at radius 3 is 2.85 bits per heavy atom. The van der Waals surface area contributed by atoms with Crippen LogP contribution in [0.15, 0.2) is 0 Å². The molecule has 0 saturated carbocycles. The molecule has 0 spiro atoms. The molecule has 2 N–H and O–H groups in total. The van der Waals surface area contributed by atoms with Gasteiger partial charge in [0.15, 0.2) is 12.4 Å². The van der Waals surface area contributed by atoms with Crippen LogP contribution in [-0.2, 0) is 14.3 Å². The quantitative estimate of drug-likeness (QED) is 0.653. The predicted octanol–water partition coefficient (Wildman–Crippen LogP) is -0.0265. The Labute approximate surface area is 76.3 Å². The molecule has 5 nitrogen and oxygen atoms in total. The van der Waals surface area contributed by atoms with Gasteiger partial charge >= 0.3 is 5.97 Å². The molecule has 1 rings (SSSR count). The predicted molar refractivity (Wildman–Crippen MR) is 43.2 cm³/mol. The van der Waals surface area contributed by atoms with Crippen molar-refractivity contribution in [2.24, 2.45) is 0 Å². The molecule has 1 heterocycles. The van der Waals surface area contributed by atoms with E-state index in [1.807, 2.05) is 0 Å². The zero-order valence-corrected chi connectivity index (χ0v) is 7.47. The lowest BCUT2D eigenvalue weighted by Crippen LogP contribution is -2.41. The number of aliphatic hydroxyl groups excluding tert-OH is 1. The van der Waals surface area contributed by atoms with Gasteiger partial charge in [-0.05, 0) is 6.92 Å². The van der Waals surface area contributed by atoms with Gasteiger partial charge in [-0.15, -0.1) is 0 Å². The average molecular weight is 190 g/mol. The van der Waals surface area contributed by atoms with Crippen LogP contribution in [0.5, 0.6) is 0 Å². The zero-order chi connectivity index (χ0) is 9.84. The van der Waals surface area contributed by atoms with Crippen LogP contribution in [0.25, 0.3) is 0 Å². The fourth-order valence-corrected chi connectivity index (χ4v) is 1.31. The Morgan fingerprint density at radius 1 is 1.62 bits per heavy atom. The smallest absolute Gasteiger partial charge is 0.333 e. The van der Waals surface area contributed by atoms with Gasteiger partial charge in [-0.2, -0.15) is 0 Å². The summed E-state index contributed by atoms with van der Waals surface area (Å²) in [6.07, 6.45) is -1.70. The Balaban J connectivity index is 2.47. The van der Waals surface area contributed by atoms with Crippen LogP contribution in [0, 0.1) is 0 Å². The van der Waals surface area contributed by atoms with Crippen LogP contribution in [0.2, 0.25) is 0 Å². The van der Waals surface area contributed by atoms with Crippen molar-refractivity contribution in [3.63, 3.8) is 0 Å². The summed E-state index contributed by atoms with van der Waals surface area (Å²) < 4.78 is 10.2. The summed E-state index contributed by atoms with van der Waals surface area (Å²) in [5.74, 6) is -1.05. The second-order valence-electron chi connectivity index (χ2n) is 2.97. The van der Waals surface area contributed by atoms with Crippen molar-refractivity contribution in [1.29, 1.82) is 0 Å². The highest BCUT2D eigenvalue weighted by atomic mass is 16.7. The van der Waals surface area contributed by atoms with Gasteiger partial charge in [-0.1, -0.05) is 0 Å². The van der Waals surface area contributed by atoms with E-state index in [9.17, 15) is 9.90 Å². The third-order valence-electron chi connectivity index (χ3n) is 1.89. The monoisotopic (exact) mass is 190 g/mol. The van der Waals surface area contributed by atoms with E-state index in [0.29, 0.717) is 13.0 Å². The molecule has 13 heavy (non-hydrogen) atoms. The minimum absolute atomic E-state index is 0.138. The van der Waals surface area contributed by atoms with Gasteiger partial charge in [0.2, 0.25) is 0 Å². The van der Waals surface area contributed by atoms with Crippen LogP contribution >= 0.6 is 0 Å². The van der Waals surface area contributed by atoms with Crippen molar-refractivity contribution >= 4 is 5.97 Å². The molecule has 3 atom stereocenters. The van der Waals surface area contributed by atoms with Gasteiger partial charge in [-0.3, -0.25) is 0 Å². The van der Waals surface area contributed by atoms with E-state index < -0.39 is 24.5 Å². The molecule has 1 saturated heterocycles. The summed E-state index contributed by atoms with van der Waals surface area (Å²) >= 11 is 0. The second kappa shape index (κ2) is 4.55. The lowest BCUT2D eigenvalue weighted by Gasteiger charge is -2.30. The minimum Gasteiger partial charge on any atom is -0.479 e. The largest absolute Gasteiger partial charge is 0.479 e. The fraction of sp³-hybridized carbons (Fsp3) is 0.875. The first kappa shape index (κ1) is 10.4. The van der Waals surface area contributed by atoms with Crippen molar-refractivity contribution in [1.82, 2.24) is 0 Å². The number of ether oxygens (including phenoxy) is 2. The van der Waals surface area contributed by atoms with E-state index in [1.54, 1.807) is 6.92 Å². The highest BCUT2D eigenvalue weighted by Gasteiger charge is 2.32. The Bertz CT molecular complexity index is 181. The van der Waals surface area contributed by atoms with Crippen LogP contribution in [0.4, 0.5) is 0 Å². The molecule has 5 heteroatoms. The van der Waals surface area contributed by atoms with Crippen molar-refractivity contribution in [2.45, 2.75) is 38.3 Å². The van der Waals surface area contributed by atoms with E-state index in [2.05, 4.69) is 0 Å². The number of aliphatic hydroxyl groups is 1. The summed E-state index contributed by atoms with van der Waals surface area (Å²) in [5, 5.41) is 18.0. The molecule has 0 radical (unpaired) electrons. The maximum Gasteiger partial charge on any atom is 0.333 e. The Hall–Kier alpha value is -0.650. The van der Waals surface area contributed by atoms with Gasteiger partial charge in [0.25, 0.3) is 0 Å². The summed E-state index contributed by atoms with van der Waals surface area (Å²) in [6.45, 7) is 2.24. The third-order valence-corrected chi connectivity index (χ3v) is 1.89. The van der Waals surface area contributed by atoms with Gasteiger partial charge in [0.05, 0.1) is 6.10 Å². The Morgan fingerprint density at radius 2 is 2.31 bits per heavy atom. The first-order valence-electron chi connectivity index (χ1n) is 4.31. The van der Waals surface area contributed by atoms with Crippen LogP contribution < -0.4 is 0 Å². The zero-order valence-electron chi connectivity index (χ0n) is 7.47. The first-order valence-corrected chi connectivity index (χ1v) is 4.31. The number of carboxylic acids is 1.